The van der Waals surface area contributed by atoms with Crippen molar-refractivity contribution in [1.82, 2.24) is 14.8 Å². The SMILES string of the molecule is COC(=O)c1cc2[nH]c(O)c(C(=Nc3ccc(C(=O)CCCN4CCCN(C)CC4)cc3)c3ccccc3)c2cc1C. The summed E-state index contributed by atoms with van der Waals surface area (Å²) in [6, 6.07) is 20.5. The smallest absolute Gasteiger partial charge is 0.338 e. The molecule has 5 rings (SSSR count). The number of carbonyl (C=O) groups is 2. The Balaban J connectivity index is 1.39. The number of H-pyrrole nitrogens is 1. The molecule has 4 aromatic rings. The fourth-order valence-corrected chi connectivity index (χ4v) is 5.55. The summed E-state index contributed by atoms with van der Waals surface area (Å²) in [5, 5.41) is 11.8. The van der Waals surface area contributed by atoms with E-state index in [1.54, 1.807) is 6.07 Å². The molecule has 8 heteroatoms. The lowest BCUT2D eigenvalue weighted by atomic mass is 9.98. The summed E-state index contributed by atoms with van der Waals surface area (Å²) in [5.41, 5.74) is 5.03. The number of aromatic nitrogens is 1. The zero-order valence-electron chi connectivity index (χ0n) is 24.5. The van der Waals surface area contributed by atoms with Gasteiger partial charge in [0.1, 0.15) is 0 Å². The number of benzene rings is 3. The largest absolute Gasteiger partial charge is 0.494 e. The van der Waals surface area contributed by atoms with Gasteiger partial charge in [0.2, 0.25) is 0 Å². The van der Waals surface area contributed by atoms with E-state index in [2.05, 4.69) is 21.8 Å². The van der Waals surface area contributed by atoms with Crippen LogP contribution in [-0.4, -0.2) is 84.2 Å². The molecule has 0 atom stereocenters. The van der Waals surface area contributed by atoms with Crippen LogP contribution in [-0.2, 0) is 4.74 Å². The Bertz CT molecular complexity index is 1590. The monoisotopic (exact) mass is 566 g/mol. The number of rotatable bonds is 9. The number of hydrogen-bond acceptors (Lipinski definition) is 7. The lowest BCUT2D eigenvalue weighted by Gasteiger charge is -2.19. The van der Waals surface area contributed by atoms with E-state index in [-0.39, 0.29) is 11.7 Å². The van der Waals surface area contributed by atoms with E-state index in [0.717, 1.165) is 55.7 Å². The predicted octanol–water partition coefficient (Wildman–Crippen LogP) is 5.74. The molecule has 8 nitrogen and oxygen atoms in total. The van der Waals surface area contributed by atoms with Crippen LogP contribution in [0, 0.1) is 6.92 Å². The molecule has 1 aliphatic rings. The molecule has 1 aromatic heterocycles. The highest BCUT2D eigenvalue weighted by molar-refractivity contribution is 6.22. The molecule has 0 amide bonds. The van der Waals surface area contributed by atoms with Gasteiger partial charge in [0.05, 0.1) is 29.6 Å². The second kappa shape index (κ2) is 13.1. The molecule has 0 spiro atoms. The minimum absolute atomic E-state index is 0.0446. The third kappa shape index (κ3) is 6.61. The van der Waals surface area contributed by atoms with Crippen LogP contribution in [0.5, 0.6) is 5.88 Å². The summed E-state index contributed by atoms with van der Waals surface area (Å²) in [6.07, 6.45) is 2.53. The van der Waals surface area contributed by atoms with E-state index in [0.29, 0.717) is 40.0 Å². The van der Waals surface area contributed by atoms with Crippen molar-refractivity contribution in [2.24, 2.45) is 4.99 Å². The highest BCUT2D eigenvalue weighted by Crippen LogP contribution is 2.33. The van der Waals surface area contributed by atoms with Gasteiger partial charge in [0.15, 0.2) is 11.7 Å². The first-order valence-corrected chi connectivity index (χ1v) is 14.5. The minimum atomic E-state index is -0.439. The summed E-state index contributed by atoms with van der Waals surface area (Å²) in [6.45, 7) is 7.13. The highest BCUT2D eigenvalue weighted by atomic mass is 16.5. The number of fused-ring (bicyclic) bond motifs is 1. The number of nitrogens with one attached hydrogen (secondary N) is 1. The number of aryl methyl sites for hydroxylation is 1. The van der Waals surface area contributed by atoms with Gasteiger partial charge in [0.25, 0.3) is 0 Å². The molecule has 1 saturated heterocycles. The Morgan fingerprint density at radius 1 is 0.976 bits per heavy atom. The van der Waals surface area contributed by atoms with Crippen LogP contribution in [0.4, 0.5) is 5.69 Å². The van der Waals surface area contributed by atoms with Crippen LogP contribution in [0.2, 0.25) is 0 Å². The Labute approximate surface area is 246 Å². The predicted molar refractivity (Wildman–Crippen MR) is 166 cm³/mol. The van der Waals surface area contributed by atoms with E-state index in [1.165, 1.54) is 13.5 Å². The van der Waals surface area contributed by atoms with Crippen molar-refractivity contribution in [3.63, 3.8) is 0 Å². The average molecular weight is 567 g/mol. The molecule has 0 bridgehead atoms. The van der Waals surface area contributed by atoms with Crippen molar-refractivity contribution >= 4 is 34.1 Å². The summed E-state index contributed by atoms with van der Waals surface area (Å²) in [5.74, 6) is -0.352. The fraction of sp³-hybridized carbons (Fsp3) is 0.324. The van der Waals surface area contributed by atoms with Gasteiger partial charge in [-0.15, -0.1) is 0 Å². The van der Waals surface area contributed by atoms with E-state index in [4.69, 9.17) is 9.73 Å². The van der Waals surface area contributed by atoms with Gasteiger partial charge < -0.3 is 24.6 Å². The van der Waals surface area contributed by atoms with Crippen molar-refractivity contribution in [3.8, 4) is 5.88 Å². The number of carbonyl (C=O) groups excluding carboxylic acids is 2. The number of aromatic amines is 1. The molecule has 218 valence electrons. The minimum Gasteiger partial charge on any atom is -0.494 e. The fourth-order valence-electron chi connectivity index (χ4n) is 5.55. The van der Waals surface area contributed by atoms with Gasteiger partial charge in [-0.2, -0.15) is 0 Å². The summed E-state index contributed by atoms with van der Waals surface area (Å²) >= 11 is 0. The van der Waals surface area contributed by atoms with E-state index in [1.807, 2.05) is 67.6 Å². The third-order valence-electron chi connectivity index (χ3n) is 7.93. The number of Topliss-reactive ketones (excluding diaryl/α,β-unsaturated/α-hetero) is 1. The van der Waals surface area contributed by atoms with Crippen LogP contribution < -0.4 is 0 Å². The van der Waals surface area contributed by atoms with Crippen molar-refractivity contribution in [2.75, 3.05) is 46.9 Å². The number of ether oxygens (including phenoxy) is 1. The maximum atomic E-state index is 12.9. The molecule has 0 unspecified atom stereocenters. The van der Waals surface area contributed by atoms with Gasteiger partial charge in [-0.3, -0.25) is 4.79 Å². The van der Waals surface area contributed by atoms with Crippen molar-refractivity contribution in [1.29, 1.82) is 0 Å². The summed E-state index contributed by atoms with van der Waals surface area (Å²) in [4.78, 5) is 37.9. The van der Waals surface area contributed by atoms with Crippen LogP contribution in [0.15, 0.2) is 71.7 Å². The van der Waals surface area contributed by atoms with Crippen LogP contribution in [0.25, 0.3) is 10.9 Å². The molecule has 42 heavy (non-hydrogen) atoms. The molecule has 0 radical (unpaired) electrons. The normalized spacial score (nSPS) is 15.1. The summed E-state index contributed by atoms with van der Waals surface area (Å²) in [7, 11) is 3.51. The lowest BCUT2D eigenvalue weighted by molar-refractivity contribution is 0.0600. The molecule has 1 fully saturated rings. The number of likely N-dealkylation sites (N-methyl/N-ethyl adjacent to an activating group) is 1. The van der Waals surface area contributed by atoms with E-state index in [9.17, 15) is 14.7 Å². The maximum absolute atomic E-state index is 12.9. The van der Waals surface area contributed by atoms with Gasteiger partial charge >= 0.3 is 5.97 Å². The standard InChI is InChI=1S/C34H38N4O4/c1-23-21-28-29(22-27(23)34(41)42-3)36-33(40)31(28)32(25-9-5-4-6-10-25)35-26-14-12-24(13-15-26)30(39)11-7-17-38-18-8-16-37(2)19-20-38/h4-6,9-10,12-15,21-22,36,40H,7-8,11,16-20H2,1-3H3. The first-order chi connectivity index (χ1) is 20.3. The van der Waals surface area contributed by atoms with E-state index >= 15 is 0 Å². The Hall–Kier alpha value is -4.27. The molecular weight excluding hydrogens is 528 g/mol. The van der Waals surface area contributed by atoms with Gasteiger partial charge in [-0.25, -0.2) is 9.79 Å². The number of ketones is 1. The zero-order valence-corrected chi connectivity index (χ0v) is 24.5. The molecule has 0 saturated carbocycles. The van der Waals surface area contributed by atoms with Gasteiger partial charge in [-0.1, -0.05) is 30.3 Å². The Morgan fingerprint density at radius 2 is 1.74 bits per heavy atom. The quantitative estimate of drug-likeness (QED) is 0.152. The first kappa shape index (κ1) is 29.2. The first-order valence-electron chi connectivity index (χ1n) is 14.5. The van der Waals surface area contributed by atoms with Gasteiger partial charge in [0, 0.05) is 41.5 Å². The topological polar surface area (TPSA) is 98.2 Å². The van der Waals surface area contributed by atoms with Crippen molar-refractivity contribution in [2.45, 2.75) is 26.2 Å². The number of esters is 1. The maximum Gasteiger partial charge on any atom is 0.338 e. The van der Waals surface area contributed by atoms with Crippen LogP contribution >= 0.6 is 0 Å². The molecule has 3 aromatic carbocycles. The van der Waals surface area contributed by atoms with Crippen LogP contribution in [0.1, 0.15) is 56.7 Å². The zero-order chi connectivity index (χ0) is 29.6. The highest BCUT2D eigenvalue weighted by Gasteiger charge is 2.21. The Kier molecular flexibility index (Phi) is 9.15. The number of methoxy groups -OCH3 is 1. The third-order valence-corrected chi connectivity index (χ3v) is 7.93. The molecule has 0 aliphatic carbocycles. The second-order valence-corrected chi connectivity index (χ2v) is 11.0. The Morgan fingerprint density at radius 3 is 2.48 bits per heavy atom. The molecular formula is C34H38N4O4. The van der Waals surface area contributed by atoms with Crippen molar-refractivity contribution in [3.05, 3.63) is 94.5 Å². The molecule has 2 heterocycles. The second-order valence-electron chi connectivity index (χ2n) is 11.0. The number of nitrogens with zero attached hydrogens (tertiary/aromatic N) is 3. The van der Waals surface area contributed by atoms with Crippen molar-refractivity contribution < 1.29 is 19.4 Å². The molecule has 2 N–H and O–H groups in total. The molecule has 1 aliphatic heterocycles. The van der Waals surface area contributed by atoms with Crippen LogP contribution in [0.3, 0.4) is 0 Å². The number of aromatic hydroxyl groups is 1. The number of aliphatic imine (C=N–C) groups is 1. The lowest BCUT2D eigenvalue weighted by Crippen LogP contribution is -2.30. The van der Waals surface area contributed by atoms with Gasteiger partial charge in [-0.05, 0) is 88.4 Å². The summed E-state index contributed by atoms with van der Waals surface area (Å²) < 4.78 is 4.92. The average Bonchev–Trinajstić information content (AvgIpc) is 3.16. The number of hydrogen-bond donors (Lipinski definition) is 2. The van der Waals surface area contributed by atoms with E-state index < -0.39 is 5.97 Å².